The fourth-order valence-electron chi connectivity index (χ4n) is 8.17. The van der Waals surface area contributed by atoms with Crippen LogP contribution in [0.5, 0.6) is 23.0 Å². The molecule has 3 amide bonds. The van der Waals surface area contributed by atoms with Crippen molar-refractivity contribution in [3.05, 3.63) is 93.7 Å². The highest BCUT2D eigenvalue weighted by Crippen LogP contribution is 2.55. The lowest BCUT2D eigenvalue weighted by Crippen LogP contribution is -2.46. The fraction of sp³-hybridized carbons (Fsp3) is 0.500. The molecule has 1 aliphatic carbocycles. The number of hydrogen-bond donors (Lipinski definition) is 1. The van der Waals surface area contributed by atoms with Crippen molar-refractivity contribution >= 4 is 65.0 Å². The number of rotatable bonds is 21. The summed E-state index contributed by atoms with van der Waals surface area (Å²) in [6.45, 7) is 20.8. The van der Waals surface area contributed by atoms with Crippen LogP contribution < -0.4 is 24.3 Å². The van der Waals surface area contributed by atoms with Gasteiger partial charge in [-0.2, -0.15) is 0 Å². The number of likely N-dealkylation sites (tertiary alicyclic amines) is 1. The molecule has 3 fully saturated rings. The van der Waals surface area contributed by atoms with Gasteiger partial charge in [0.1, 0.15) is 17.8 Å². The zero-order valence-electron chi connectivity index (χ0n) is 41.0. The molecule has 17 nitrogen and oxygen atoms in total. The maximum Gasteiger partial charge on any atom is 0.411 e. The first-order valence-electron chi connectivity index (χ1n) is 23.4. The van der Waals surface area contributed by atoms with E-state index in [2.05, 4.69) is 57.3 Å². The summed E-state index contributed by atoms with van der Waals surface area (Å²) in [5.74, 6) is 0.926. The third-order valence-corrected chi connectivity index (χ3v) is 21.2. The number of anilines is 1. The number of nitrogens with zero attached hydrogens (tertiary/aromatic N) is 4. The molecule has 7 rings (SSSR count). The number of hydrogen-bond acceptors (Lipinski definition) is 15. The van der Waals surface area contributed by atoms with Gasteiger partial charge in [-0.05, 0) is 104 Å². The zero-order valence-corrected chi connectivity index (χ0v) is 43.6. The lowest BCUT2D eigenvalue weighted by Gasteiger charge is -2.38. The van der Waals surface area contributed by atoms with Crippen LogP contribution >= 0.6 is 21.6 Å². The number of amides is 3. The van der Waals surface area contributed by atoms with Crippen molar-refractivity contribution in [2.75, 3.05) is 59.1 Å². The van der Waals surface area contributed by atoms with E-state index in [1.807, 2.05) is 0 Å². The molecular weight excluding hydrogens is 955 g/mol. The van der Waals surface area contributed by atoms with Crippen LogP contribution in [0.1, 0.15) is 92.0 Å². The molecule has 376 valence electrons. The Hall–Kier alpha value is -5.57. The summed E-state index contributed by atoms with van der Waals surface area (Å²) in [6, 6.07) is 8.78. The van der Waals surface area contributed by atoms with E-state index >= 15 is 0 Å². The summed E-state index contributed by atoms with van der Waals surface area (Å²) in [4.78, 5) is 72.9. The van der Waals surface area contributed by atoms with E-state index < -0.39 is 25.4 Å². The number of Topliss-reactive ketones (excluding diaryl/α,β-unsaturated/α-hetero) is 1. The summed E-state index contributed by atoms with van der Waals surface area (Å²) in [6.07, 6.45) is 5.24. The Balaban J connectivity index is 0.999. The normalized spacial score (nSPS) is 18.5. The van der Waals surface area contributed by atoms with E-state index in [0.717, 1.165) is 30.4 Å². The number of carbonyl (C=O) groups excluding carboxylic acids is 4. The SMILES string of the molecule is C=C1C[C@@H](CO[Si](C)(C)C(C)(C)C)N(C(=O)c2cc(OC)c(OCCCCCOc3cc4c(cc3OC)C(=O)N3CC(=C)C[C@H]3C(=O)C4)cc2NC(=O)OCC2(SSc3ccc([N+](=O)[O-])cn3)CC2)C1. The molecule has 2 atom stereocenters. The first-order chi connectivity index (χ1) is 33.2. The molecule has 0 unspecified atom stereocenters. The quantitative estimate of drug-likeness (QED) is 0.0264. The number of fused-ring (bicyclic) bond motifs is 2. The molecule has 1 N–H and O–H groups in total. The van der Waals surface area contributed by atoms with Crippen LogP contribution in [0.3, 0.4) is 0 Å². The Morgan fingerprint density at radius 2 is 1.61 bits per heavy atom. The molecule has 2 saturated heterocycles. The number of nitro groups is 1. The van der Waals surface area contributed by atoms with Crippen molar-refractivity contribution in [1.82, 2.24) is 14.8 Å². The lowest BCUT2D eigenvalue weighted by atomic mass is 9.99. The molecule has 1 aromatic heterocycles. The van der Waals surface area contributed by atoms with Crippen LogP contribution in [0, 0.1) is 10.1 Å². The summed E-state index contributed by atoms with van der Waals surface area (Å²) < 4.78 is 35.8. The third kappa shape index (κ3) is 12.3. The Bertz CT molecular complexity index is 2530. The summed E-state index contributed by atoms with van der Waals surface area (Å²) in [7, 11) is 3.71. The highest BCUT2D eigenvalue weighted by molar-refractivity contribution is 8.77. The molecule has 0 radical (unpaired) electrons. The van der Waals surface area contributed by atoms with Gasteiger partial charge in [-0.25, -0.2) is 9.78 Å². The van der Waals surface area contributed by atoms with Crippen LogP contribution in [0.15, 0.2) is 71.9 Å². The lowest BCUT2D eigenvalue weighted by molar-refractivity contribution is -0.385. The Labute approximate surface area is 418 Å². The number of pyridine rings is 1. The molecule has 20 heteroatoms. The van der Waals surface area contributed by atoms with E-state index in [0.29, 0.717) is 91.1 Å². The first-order valence-corrected chi connectivity index (χ1v) is 28.5. The molecule has 0 bridgehead atoms. The van der Waals surface area contributed by atoms with E-state index in [4.69, 9.17) is 28.1 Å². The van der Waals surface area contributed by atoms with Crippen LogP contribution in [0.4, 0.5) is 16.2 Å². The average molecular weight is 1020 g/mol. The number of aromatic nitrogens is 1. The van der Waals surface area contributed by atoms with Gasteiger partial charge in [-0.15, -0.1) is 0 Å². The van der Waals surface area contributed by atoms with E-state index in [-0.39, 0.29) is 70.0 Å². The summed E-state index contributed by atoms with van der Waals surface area (Å²) in [5, 5.41) is 14.5. The Morgan fingerprint density at radius 3 is 2.24 bits per heavy atom. The van der Waals surface area contributed by atoms with Crippen molar-refractivity contribution in [2.24, 2.45) is 0 Å². The van der Waals surface area contributed by atoms with Crippen molar-refractivity contribution in [3.63, 3.8) is 0 Å². The van der Waals surface area contributed by atoms with Gasteiger partial charge in [0.05, 0.1) is 67.0 Å². The number of unbranched alkanes of at least 4 members (excludes halogenated alkanes) is 2. The molecular formula is C50H63N5O12S2Si. The van der Waals surface area contributed by atoms with E-state index in [1.54, 1.807) is 40.1 Å². The molecule has 3 aliphatic heterocycles. The third-order valence-electron chi connectivity index (χ3n) is 13.5. The second kappa shape index (κ2) is 21.8. The predicted molar refractivity (Wildman–Crippen MR) is 271 cm³/mol. The molecule has 3 aromatic rings. The van der Waals surface area contributed by atoms with Gasteiger partial charge in [0.25, 0.3) is 17.5 Å². The van der Waals surface area contributed by atoms with Crippen LogP contribution in [0.2, 0.25) is 18.1 Å². The summed E-state index contributed by atoms with van der Waals surface area (Å²) >= 11 is 0. The largest absolute Gasteiger partial charge is 0.493 e. The van der Waals surface area contributed by atoms with Crippen LogP contribution in [0.25, 0.3) is 0 Å². The Kier molecular flexibility index (Phi) is 16.3. The van der Waals surface area contributed by atoms with E-state index in [9.17, 15) is 29.3 Å². The van der Waals surface area contributed by atoms with Crippen molar-refractivity contribution in [3.8, 4) is 23.0 Å². The minimum Gasteiger partial charge on any atom is -0.493 e. The number of benzene rings is 2. The van der Waals surface area contributed by atoms with E-state index in [1.165, 1.54) is 48.1 Å². The second-order valence-electron chi connectivity index (χ2n) is 19.8. The first kappa shape index (κ1) is 52.3. The number of carbonyl (C=O) groups is 4. The second-order valence-corrected chi connectivity index (χ2v) is 27.2. The van der Waals surface area contributed by atoms with Crippen LogP contribution in [-0.4, -0.2) is 122 Å². The zero-order chi connectivity index (χ0) is 50.5. The maximum absolute atomic E-state index is 14.6. The molecule has 2 aromatic carbocycles. The number of nitrogens with one attached hydrogen (secondary N) is 1. The minimum absolute atomic E-state index is 0.0229. The molecule has 1 saturated carbocycles. The number of ether oxygens (including phenoxy) is 5. The van der Waals surface area contributed by atoms with Gasteiger partial charge in [-0.3, -0.25) is 29.8 Å². The molecule has 0 spiro atoms. The highest BCUT2D eigenvalue weighted by atomic mass is 33.1. The number of methoxy groups -OCH3 is 2. The topological polar surface area (TPSA) is 198 Å². The monoisotopic (exact) mass is 1020 g/mol. The Morgan fingerprint density at radius 1 is 0.943 bits per heavy atom. The van der Waals surface area contributed by atoms with Crippen molar-refractivity contribution in [1.29, 1.82) is 0 Å². The van der Waals surface area contributed by atoms with Gasteiger partial charge in [0.2, 0.25) is 0 Å². The maximum atomic E-state index is 14.6. The van der Waals surface area contributed by atoms with Crippen molar-refractivity contribution < 1.29 is 52.2 Å². The molecule has 4 aliphatic rings. The van der Waals surface area contributed by atoms with Gasteiger partial charge >= 0.3 is 6.09 Å². The molecule has 4 heterocycles. The van der Waals surface area contributed by atoms with Gasteiger partial charge in [-0.1, -0.05) is 55.9 Å². The summed E-state index contributed by atoms with van der Waals surface area (Å²) in [5.41, 5.74) is 3.09. The highest BCUT2D eigenvalue weighted by Gasteiger charge is 2.46. The average Bonchev–Trinajstić information content (AvgIpc) is 3.86. The molecule has 70 heavy (non-hydrogen) atoms. The standard InChI is InChI=1S/C50H63N5O12S2Si/c1-31-19-35(29-67-70(8,9)49(3,4)5)53(27-31)47(58)37-24-42(63-7)44(25-38(37)52-48(59)66-30-50(15-16-50)69-68-45-14-13-34(26-51-45)55(60)61)65-18-12-10-11-17-64-43-22-33-21-40(56)39-20-32(2)28-54(39)46(57)36(33)23-41(43)62-6/h13-14,22-26,35,39H,1-2,10-12,15-21,27-30H2,3-9H3,(H,52,59)/t35-,39-/m0/s1. The fourth-order valence-corrected chi connectivity index (χ4v) is 11.8. The predicted octanol–water partition coefficient (Wildman–Crippen LogP) is 9.85. The van der Waals surface area contributed by atoms with Crippen molar-refractivity contribution in [2.45, 2.75) is 112 Å². The number of ketones is 1. The smallest absolute Gasteiger partial charge is 0.411 e. The minimum atomic E-state index is -2.15. The van der Waals surface area contributed by atoms with Gasteiger partial charge in [0, 0.05) is 37.2 Å². The van der Waals surface area contributed by atoms with Gasteiger partial charge < -0.3 is 37.9 Å². The van der Waals surface area contributed by atoms with Crippen LogP contribution in [-0.2, 0) is 20.4 Å². The van der Waals surface area contributed by atoms with Gasteiger partial charge in [0.15, 0.2) is 37.1 Å².